The molecule has 6 heteroatoms. The number of hydrogen-bond donors (Lipinski definition) is 1. The van der Waals surface area contributed by atoms with E-state index in [1.807, 2.05) is 24.3 Å². The van der Waals surface area contributed by atoms with Crippen molar-refractivity contribution in [2.75, 3.05) is 44.8 Å². The van der Waals surface area contributed by atoms with Gasteiger partial charge in [0.1, 0.15) is 5.75 Å². The zero-order valence-corrected chi connectivity index (χ0v) is 14.2. The van der Waals surface area contributed by atoms with Gasteiger partial charge in [-0.2, -0.15) is 0 Å². The van der Waals surface area contributed by atoms with Crippen LogP contribution in [0.15, 0.2) is 48.5 Å². The fourth-order valence-corrected chi connectivity index (χ4v) is 2.90. The Labute approximate surface area is 147 Å². The second-order valence-corrected chi connectivity index (χ2v) is 5.80. The molecule has 2 aromatic rings. The summed E-state index contributed by atoms with van der Waals surface area (Å²) in [6, 6.07) is 14.5. The molecule has 0 bridgehead atoms. The summed E-state index contributed by atoms with van der Waals surface area (Å²) in [4.78, 5) is 16.3. The standard InChI is InChI=1S/C19H22N2O4/c1-24-17-8-4-2-6-15(17)20-10-12-21(13-11-20)19(23)14-25-18-9-5-3-7-16(18)22/h2-9,22H,10-14H2,1H3. The highest BCUT2D eigenvalue weighted by Gasteiger charge is 2.23. The van der Waals surface area contributed by atoms with Gasteiger partial charge >= 0.3 is 0 Å². The quantitative estimate of drug-likeness (QED) is 0.902. The first kappa shape index (κ1) is 17.0. The molecule has 0 aliphatic carbocycles. The van der Waals surface area contributed by atoms with E-state index in [0.29, 0.717) is 18.8 Å². The lowest BCUT2D eigenvalue weighted by atomic mass is 10.2. The Hall–Kier alpha value is -2.89. The number of amides is 1. The fraction of sp³-hybridized carbons (Fsp3) is 0.316. The van der Waals surface area contributed by atoms with Crippen LogP contribution in [0, 0.1) is 0 Å². The Morgan fingerprint density at radius 2 is 1.64 bits per heavy atom. The average Bonchev–Trinajstić information content (AvgIpc) is 2.67. The molecular weight excluding hydrogens is 320 g/mol. The third kappa shape index (κ3) is 3.96. The minimum atomic E-state index is -0.0806. The maximum Gasteiger partial charge on any atom is 0.260 e. The lowest BCUT2D eigenvalue weighted by Gasteiger charge is -2.36. The highest BCUT2D eigenvalue weighted by molar-refractivity contribution is 5.78. The number of carbonyl (C=O) groups excluding carboxylic acids is 1. The third-order valence-electron chi connectivity index (χ3n) is 4.27. The Balaban J connectivity index is 1.53. The van der Waals surface area contributed by atoms with Crippen LogP contribution in [-0.2, 0) is 4.79 Å². The molecule has 25 heavy (non-hydrogen) atoms. The number of nitrogens with zero attached hydrogens (tertiary/aromatic N) is 2. The van der Waals surface area contributed by atoms with Crippen LogP contribution in [0.4, 0.5) is 5.69 Å². The van der Waals surface area contributed by atoms with E-state index in [1.54, 1.807) is 30.2 Å². The smallest absolute Gasteiger partial charge is 0.260 e. The SMILES string of the molecule is COc1ccccc1N1CCN(C(=O)COc2ccccc2O)CC1. The lowest BCUT2D eigenvalue weighted by Crippen LogP contribution is -2.50. The number of ether oxygens (including phenoxy) is 2. The maximum absolute atomic E-state index is 12.3. The molecule has 3 rings (SSSR count). The molecular formula is C19H22N2O4. The molecule has 0 unspecified atom stereocenters. The summed E-state index contributed by atoms with van der Waals surface area (Å²) < 4.78 is 10.8. The van der Waals surface area contributed by atoms with Crippen LogP contribution in [0.1, 0.15) is 0 Å². The molecule has 1 fully saturated rings. The molecule has 1 aliphatic heterocycles. The third-order valence-corrected chi connectivity index (χ3v) is 4.27. The molecule has 1 N–H and O–H groups in total. The number of methoxy groups -OCH3 is 1. The van der Waals surface area contributed by atoms with Crippen LogP contribution in [0.5, 0.6) is 17.2 Å². The van der Waals surface area contributed by atoms with Gasteiger partial charge in [-0.15, -0.1) is 0 Å². The Morgan fingerprint density at radius 3 is 2.32 bits per heavy atom. The molecule has 1 saturated heterocycles. The molecule has 132 valence electrons. The molecule has 1 amide bonds. The normalized spacial score (nSPS) is 14.3. The lowest BCUT2D eigenvalue weighted by molar-refractivity contribution is -0.133. The molecule has 6 nitrogen and oxygen atoms in total. The number of piperazine rings is 1. The van der Waals surface area contributed by atoms with E-state index in [1.165, 1.54) is 6.07 Å². The number of aromatic hydroxyl groups is 1. The van der Waals surface area contributed by atoms with Gasteiger partial charge in [0, 0.05) is 26.2 Å². The summed E-state index contributed by atoms with van der Waals surface area (Å²) in [7, 11) is 1.66. The van der Waals surface area contributed by atoms with E-state index in [-0.39, 0.29) is 18.3 Å². The van der Waals surface area contributed by atoms with E-state index in [0.717, 1.165) is 24.5 Å². The van der Waals surface area contributed by atoms with Gasteiger partial charge in [-0.3, -0.25) is 4.79 Å². The van der Waals surface area contributed by atoms with Gasteiger partial charge < -0.3 is 24.4 Å². The van der Waals surface area contributed by atoms with E-state index in [2.05, 4.69) is 4.90 Å². The summed E-state index contributed by atoms with van der Waals surface area (Å²) in [5.41, 5.74) is 1.04. The highest BCUT2D eigenvalue weighted by Crippen LogP contribution is 2.28. The van der Waals surface area contributed by atoms with Crippen molar-refractivity contribution in [2.24, 2.45) is 0 Å². The molecule has 1 aliphatic rings. The largest absolute Gasteiger partial charge is 0.504 e. The maximum atomic E-state index is 12.3. The number of phenols is 1. The Kier molecular flexibility index (Phi) is 5.28. The first-order valence-electron chi connectivity index (χ1n) is 8.25. The molecule has 1 heterocycles. The van der Waals surface area contributed by atoms with Crippen molar-refractivity contribution >= 4 is 11.6 Å². The van der Waals surface area contributed by atoms with Crippen molar-refractivity contribution in [2.45, 2.75) is 0 Å². The minimum Gasteiger partial charge on any atom is -0.504 e. The number of carbonyl (C=O) groups is 1. The second-order valence-electron chi connectivity index (χ2n) is 5.80. The fourth-order valence-electron chi connectivity index (χ4n) is 2.90. The van der Waals surface area contributed by atoms with Gasteiger partial charge in [-0.05, 0) is 24.3 Å². The van der Waals surface area contributed by atoms with Crippen molar-refractivity contribution < 1.29 is 19.4 Å². The van der Waals surface area contributed by atoms with Gasteiger partial charge in [0.05, 0.1) is 12.8 Å². The summed E-state index contributed by atoms with van der Waals surface area (Å²) in [5.74, 6) is 1.12. The second kappa shape index (κ2) is 7.79. The number of hydrogen-bond acceptors (Lipinski definition) is 5. The monoisotopic (exact) mass is 342 g/mol. The molecule has 0 saturated carbocycles. The van der Waals surface area contributed by atoms with Crippen molar-refractivity contribution in [1.82, 2.24) is 4.90 Å². The number of benzene rings is 2. The molecule has 0 aromatic heterocycles. The molecule has 0 spiro atoms. The van der Waals surface area contributed by atoms with Crippen LogP contribution in [-0.4, -0.2) is 55.8 Å². The van der Waals surface area contributed by atoms with Gasteiger partial charge in [0.15, 0.2) is 18.1 Å². The van der Waals surface area contributed by atoms with E-state index < -0.39 is 0 Å². The van der Waals surface area contributed by atoms with Crippen molar-refractivity contribution in [1.29, 1.82) is 0 Å². The molecule has 0 radical (unpaired) electrons. The number of rotatable bonds is 5. The van der Waals surface area contributed by atoms with Crippen LogP contribution in [0.25, 0.3) is 0 Å². The predicted molar refractivity (Wildman–Crippen MR) is 95.4 cm³/mol. The van der Waals surface area contributed by atoms with Crippen LogP contribution >= 0.6 is 0 Å². The number of anilines is 1. The van der Waals surface area contributed by atoms with Crippen LogP contribution in [0.3, 0.4) is 0 Å². The first-order valence-corrected chi connectivity index (χ1v) is 8.25. The van der Waals surface area contributed by atoms with Crippen molar-refractivity contribution in [3.63, 3.8) is 0 Å². The Bertz CT molecular complexity index is 727. The van der Waals surface area contributed by atoms with Crippen LogP contribution in [0.2, 0.25) is 0 Å². The van der Waals surface area contributed by atoms with Gasteiger partial charge in [-0.25, -0.2) is 0 Å². The first-order chi connectivity index (χ1) is 12.2. The van der Waals surface area contributed by atoms with E-state index in [4.69, 9.17) is 9.47 Å². The summed E-state index contributed by atoms with van der Waals surface area (Å²) in [6.07, 6.45) is 0. The predicted octanol–water partition coefficient (Wildman–Crippen LogP) is 2.13. The average molecular weight is 342 g/mol. The highest BCUT2D eigenvalue weighted by atomic mass is 16.5. The minimum absolute atomic E-state index is 0.0382. The topological polar surface area (TPSA) is 62.2 Å². The van der Waals surface area contributed by atoms with Crippen LogP contribution < -0.4 is 14.4 Å². The van der Waals surface area contributed by atoms with Gasteiger partial charge in [0.25, 0.3) is 5.91 Å². The zero-order valence-electron chi connectivity index (χ0n) is 14.2. The zero-order chi connectivity index (χ0) is 17.6. The Morgan fingerprint density at radius 1 is 1.00 bits per heavy atom. The molecule has 2 aromatic carbocycles. The van der Waals surface area contributed by atoms with E-state index >= 15 is 0 Å². The van der Waals surface area contributed by atoms with E-state index in [9.17, 15) is 9.90 Å². The number of para-hydroxylation sites is 4. The van der Waals surface area contributed by atoms with Gasteiger partial charge in [-0.1, -0.05) is 24.3 Å². The van der Waals surface area contributed by atoms with Crippen molar-refractivity contribution in [3.05, 3.63) is 48.5 Å². The summed E-state index contributed by atoms with van der Waals surface area (Å²) in [6.45, 7) is 2.65. The summed E-state index contributed by atoms with van der Waals surface area (Å²) in [5, 5.41) is 9.68. The van der Waals surface area contributed by atoms with Crippen molar-refractivity contribution in [3.8, 4) is 17.2 Å². The number of phenolic OH excluding ortho intramolecular Hbond substituents is 1. The summed E-state index contributed by atoms with van der Waals surface area (Å²) >= 11 is 0. The van der Waals surface area contributed by atoms with Gasteiger partial charge in [0.2, 0.25) is 0 Å². The molecule has 0 atom stereocenters.